The Morgan fingerprint density at radius 3 is 2.73 bits per heavy atom. The van der Waals surface area contributed by atoms with Crippen LogP contribution in [0.2, 0.25) is 10.0 Å². The van der Waals surface area contributed by atoms with E-state index in [1.807, 2.05) is 17.5 Å². The summed E-state index contributed by atoms with van der Waals surface area (Å²) in [6.45, 7) is 1.79. The van der Waals surface area contributed by atoms with Crippen LogP contribution in [0.15, 0.2) is 41.8 Å². The van der Waals surface area contributed by atoms with Crippen molar-refractivity contribution in [3.05, 3.63) is 63.1 Å². The number of thiophene rings is 1. The second kappa shape index (κ2) is 8.39. The fourth-order valence-electron chi connectivity index (χ4n) is 4.05. The molecule has 4 heterocycles. The predicted octanol–water partition coefficient (Wildman–Crippen LogP) is 5.39. The maximum atomic E-state index is 13.4. The van der Waals surface area contributed by atoms with Gasteiger partial charge in [-0.15, -0.1) is 11.3 Å². The Morgan fingerprint density at radius 1 is 1.24 bits per heavy atom. The quantitative estimate of drug-likeness (QED) is 0.389. The van der Waals surface area contributed by atoms with E-state index in [9.17, 15) is 13.2 Å². The second-order valence-electron chi connectivity index (χ2n) is 7.90. The molecule has 11 heteroatoms. The minimum Gasteiger partial charge on any atom is -0.321 e. The number of rotatable bonds is 4. The first-order valence-electron chi connectivity index (χ1n) is 10.1. The molecule has 3 aromatic heterocycles. The van der Waals surface area contributed by atoms with Crippen LogP contribution >= 0.6 is 34.5 Å². The monoisotopic (exact) mass is 520 g/mol. The van der Waals surface area contributed by atoms with E-state index in [1.165, 1.54) is 11.3 Å². The summed E-state index contributed by atoms with van der Waals surface area (Å²) in [4.78, 5) is 19.1. The van der Waals surface area contributed by atoms with Crippen LogP contribution in [-0.2, 0) is 9.84 Å². The molecule has 1 atom stereocenters. The third kappa shape index (κ3) is 4.26. The fraction of sp³-hybridized carbons (Fsp3) is 0.227. The molecule has 1 unspecified atom stereocenters. The van der Waals surface area contributed by atoms with Gasteiger partial charge in [-0.05, 0) is 49.1 Å². The minimum atomic E-state index is -3.12. The van der Waals surface area contributed by atoms with Gasteiger partial charge in [0.1, 0.15) is 0 Å². The molecule has 33 heavy (non-hydrogen) atoms. The first-order chi connectivity index (χ1) is 15.7. The molecule has 1 saturated heterocycles. The molecule has 0 radical (unpaired) electrons. The van der Waals surface area contributed by atoms with Gasteiger partial charge in [-0.25, -0.2) is 18.1 Å². The Balaban J connectivity index is 1.66. The Bertz CT molecular complexity index is 1500. The van der Waals surface area contributed by atoms with Crippen LogP contribution in [0, 0.1) is 6.92 Å². The lowest BCUT2D eigenvalue weighted by molar-refractivity contribution is 0.102. The Labute approximate surface area is 204 Å². The largest absolute Gasteiger partial charge is 0.321 e. The molecule has 1 aromatic carbocycles. The second-order valence-corrected chi connectivity index (χ2v) is 11.9. The number of halogens is 2. The number of nitrogens with one attached hydrogen (secondary N) is 1. The highest BCUT2D eigenvalue weighted by Crippen LogP contribution is 2.34. The number of aromatic nitrogens is 3. The normalized spacial score (nSPS) is 17.5. The van der Waals surface area contributed by atoms with Gasteiger partial charge in [0.2, 0.25) is 0 Å². The topological polar surface area (TPSA) is 93.9 Å². The van der Waals surface area contributed by atoms with Crippen LogP contribution in [0.1, 0.15) is 28.5 Å². The number of nitrogens with zero attached hydrogens (tertiary/aromatic N) is 3. The highest BCUT2D eigenvalue weighted by atomic mass is 35.5. The number of hydrogen-bond acceptors (Lipinski definition) is 6. The van der Waals surface area contributed by atoms with Crippen molar-refractivity contribution < 1.29 is 13.2 Å². The third-order valence-electron chi connectivity index (χ3n) is 5.59. The Morgan fingerprint density at radius 2 is 2.06 bits per heavy atom. The third-order valence-corrected chi connectivity index (χ3v) is 8.78. The lowest BCUT2D eigenvalue weighted by Gasteiger charge is -2.12. The predicted molar refractivity (Wildman–Crippen MR) is 132 cm³/mol. The number of hydrogen-bond donors (Lipinski definition) is 1. The molecular weight excluding hydrogens is 503 g/mol. The first-order valence-corrected chi connectivity index (χ1v) is 13.6. The summed E-state index contributed by atoms with van der Waals surface area (Å²) in [7, 11) is -3.12. The van der Waals surface area contributed by atoms with E-state index in [4.69, 9.17) is 28.2 Å². The van der Waals surface area contributed by atoms with Gasteiger partial charge in [-0.3, -0.25) is 4.79 Å². The summed E-state index contributed by atoms with van der Waals surface area (Å²) in [5.74, 6) is -0.243. The van der Waals surface area contributed by atoms with E-state index in [1.54, 1.807) is 35.9 Å². The number of anilines is 1. The Hall–Kier alpha value is -2.46. The van der Waals surface area contributed by atoms with Crippen molar-refractivity contribution in [3.63, 3.8) is 0 Å². The maximum Gasteiger partial charge on any atom is 0.256 e. The number of sulfone groups is 1. The molecule has 1 fully saturated rings. The van der Waals surface area contributed by atoms with Crippen LogP contribution < -0.4 is 5.32 Å². The van der Waals surface area contributed by atoms with Gasteiger partial charge < -0.3 is 5.32 Å². The SMILES string of the molecule is Cc1nn(C2CCS(=O)(=O)C2)c2nc(-c3cccs3)cc(C(=O)Nc3ccc(Cl)cc3Cl)c12. The average Bonchev–Trinajstić information content (AvgIpc) is 3.49. The highest BCUT2D eigenvalue weighted by molar-refractivity contribution is 7.91. The van der Waals surface area contributed by atoms with Gasteiger partial charge in [-0.2, -0.15) is 5.10 Å². The van der Waals surface area contributed by atoms with Gasteiger partial charge >= 0.3 is 0 Å². The van der Waals surface area contributed by atoms with Crippen molar-refractivity contribution in [1.29, 1.82) is 0 Å². The molecule has 7 nitrogen and oxygen atoms in total. The van der Waals surface area contributed by atoms with Crippen molar-refractivity contribution in [2.24, 2.45) is 0 Å². The number of aryl methyl sites for hydroxylation is 1. The van der Waals surface area contributed by atoms with E-state index in [-0.39, 0.29) is 23.5 Å². The lowest BCUT2D eigenvalue weighted by atomic mass is 10.1. The zero-order valence-electron chi connectivity index (χ0n) is 17.4. The number of carbonyl (C=O) groups is 1. The molecule has 0 saturated carbocycles. The van der Waals surface area contributed by atoms with E-state index >= 15 is 0 Å². The molecule has 170 valence electrons. The summed E-state index contributed by atoms with van der Waals surface area (Å²) in [5, 5.41) is 10.8. The molecule has 1 N–H and O–H groups in total. The maximum absolute atomic E-state index is 13.4. The van der Waals surface area contributed by atoms with Gasteiger partial charge in [0.25, 0.3) is 5.91 Å². The smallest absolute Gasteiger partial charge is 0.256 e. The first kappa shape index (κ1) is 22.3. The molecule has 5 rings (SSSR count). The van der Waals surface area contributed by atoms with Crippen molar-refractivity contribution >= 4 is 67.0 Å². The highest BCUT2D eigenvalue weighted by Gasteiger charge is 2.32. The number of benzene rings is 1. The molecule has 1 aliphatic heterocycles. The van der Waals surface area contributed by atoms with E-state index in [0.717, 1.165) is 4.88 Å². The van der Waals surface area contributed by atoms with Gasteiger partial charge in [0.15, 0.2) is 15.5 Å². The zero-order chi connectivity index (χ0) is 23.3. The van der Waals surface area contributed by atoms with Gasteiger partial charge in [0, 0.05) is 5.02 Å². The van der Waals surface area contributed by atoms with Crippen molar-refractivity contribution in [2.45, 2.75) is 19.4 Å². The molecule has 0 bridgehead atoms. The van der Waals surface area contributed by atoms with Gasteiger partial charge in [0.05, 0.1) is 55.5 Å². The van der Waals surface area contributed by atoms with Crippen LogP contribution in [0.3, 0.4) is 0 Å². The molecule has 0 spiro atoms. The van der Waals surface area contributed by atoms with Crippen molar-refractivity contribution in [1.82, 2.24) is 14.8 Å². The summed E-state index contributed by atoms with van der Waals surface area (Å²) in [5.41, 5.74) is 2.53. The average molecular weight is 521 g/mol. The lowest BCUT2D eigenvalue weighted by Crippen LogP contribution is -2.15. The van der Waals surface area contributed by atoms with Gasteiger partial charge in [-0.1, -0.05) is 29.3 Å². The number of amides is 1. The summed E-state index contributed by atoms with van der Waals surface area (Å²) in [6, 6.07) is 10.1. The van der Waals surface area contributed by atoms with E-state index in [2.05, 4.69) is 10.4 Å². The van der Waals surface area contributed by atoms with Crippen molar-refractivity contribution in [3.8, 4) is 10.6 Å². The van der Waals surface area contributed by atoms with E-state index in [0.29, 0.717) is 50.1 Å². The van der Waals surface area contributed by atoms with Crippen LogP contribution in [0.25, 0.3) is 21.6 Å². The van der Waals surface area contributed by atoms with Crippen molar-refractivity contribution in [2.75, 3.05) is 16.8 Å². The molecular formula is C22H18Cl2N4O3S2. The van der Waals surface area contributed by atoms with E-state index < -0.39 is 9.84 Å². The summed E-state index contributed by atoms with van der Waals surface area (Å²) < 4.78 is 25.9. The standard InChI is InChI=1S/C22H18Cl2N4O3S2/c1-12-20-15(22(29)26-17-5-4-13(23)9-16(17)24)10-18(19-3-2-7-32-19)25-21(20)28(27-12)14-6-8-33(30,31)11-14/h2-5,7,9-10,14H,6,8,11H2,1H3,(H,26,29). The van der Waals surface area contributed by atoms with Crippen LogP contribution in [0.4, 0.5) is 5.69 Å². The van der Waals surface area contributed by atoms with Crippen LogP contribution in [-0.4, -0.2) is 40.6 Å². The Kier molecular flexibility index (Phi) is 5.68. The zero-order valence-corrected chi connectivity index (χ0v) is 20.5. The molecule has 1 aliphatic rings. The molecule has 4 aromatic rings. The number of fused-ring (bicyclic) bond motifs is 1. The minimum absolute atomic E-state index is 0.00996. The fourth-order valence-corrected chi connectivity index (χ4v) is 6.88. The summed E-state index contributed by atoms with van der Waals surface area (Å²) >= 11 is 13.7. The van der Waals surface area contributed by atoms with Crippen LogP contribution in [0.5, 0.6) is 0 Å². The number of pyridine rings is 1. The summed E-state index contributed by atoms with van der Waals surface area (Å²) in [6.07, 6.45) is 0.464. The number of carbonyl (C=O) groups excluding carboxylic acids is 1. The molecule has 1 amide bonds. The molecule has 0 aliphatic carbocycles.